The Labute approximate surface area is 199 Å². The summed E-state index contributed by atoms with van der Waals surface area (Å²) in [5.74, 6) is 1.20. The average Bonchev–Trinajstić information content (AvgIpc) is 3.26. The van der Waals surface area contributed by atoms with Crippen molar-refractivity contribution in [1.29, 1.82) is 0 Å². The Bertz CT molecular complexity index is 1110. The Morgan fingerprint density at radius 1 is 0.971 bits per heavy atom. The van der Waals surface area contributed by atoms with Gasteiger partial charge in [0.15, 0.2) is 0 Å². The Kier molecular flexibility index (Phi) is 6.50. The summed E-state index contributed by atoms with van der Waals surface area (Å²) in [6.45, 7) is 2.19. The predicted molar refractivity (Wildman–Crippen MR) is 126 cm³/mol. The summed E-state index contributed by atoms with van der Waals surface area (Å²) in [6.07, 6.45) is 2.48. The molecule has 0 bridgehead atoms. The van der Waals surface area contributed by atoms with E-state index in [1.807, 2.05) is 53.4 Å². The number of hydrogen-bond acceptors (Lipinski definition) is 4. The normalized spacial score (nSPS) is 19.2. The van der Waals surface area contributed by atoms with Crippen LogP contribution >= 0.6 is 0 Å². The highest BCUT2D eigenvalue weighted by Gasteiger charge is 2.44. The number of hydrogen-bond donors (Lipinski definition) is 0. The van der Waals surface area contributed by atoms with Gasteiger partial charge in [0.2, 0.25) is 0 Å². The molecule has 2 fully saturated rings. The molecule has 176 valence electrons. The van der Waals surface area contributed by atoms with E-state index < -0.39 is 0 Å². The summed E-state index contributed by atoms with van der Waals surface area (Å²) in [5.41, 5.74) is 1.26. The topological polar surface area (TPSA) is 48.0 Å². The van der Waals surface area contributed by atoms with E-state index >= 15 is 0 Å². The second-order valence-electron chi connectivity index (χ2n) is 8.99. The van der Waals surface area contributed by atoms with Gasteiger partial charge in [-0.1, -0.05) is 36.4 Å². The first-order valence-corrected chi connectivity index (χ1v) is 11.7. The molecule has 0 saturated carbocycles. The Hall–Kier alpha value is -3.38. The van der Waals surface area contributed by atoms with Gasteiger partial charge < -0.3 is 19.1 Å². The molecule has 3 aromatic carbocycles. The molecular formula is C28H28FNO4. The van der Waals surface area contributed by atoms with Crippen molar-refractivity contribution < 1.29 is 23.4 Å². The van der Waals surface area contributed by atoms with E-state index in [0.29, 0.717) is 37.6 Å². The van der Waals surface area contributed by atoms with E-state index in [-0.39, 0.29) is 23.4 Å². The van der Waals surface area contributed by atoms with Crippen molar-refractivity contribution in [2.75, 3.05) is 19.7 Å². The van der Waals surface area contributed by atoms with Gasteiger partial charge in [0.25, 0.3) is 5.91 Å². The van der Waals surface area contributed by atoms with Crippen molar-refractivity contribution in [2.45, 2.75) is 37.6 Å². The third-order valence-electron chi connectivity index (χ3n) is 6.58. The van der Waals surface area contributed by atoms with Gasteiger partial charge in [-0.05, 0) is 60.9 Å². The van der Waals surface area contributed by atoms with Gasteiger partial charge in [0.05, 0.1) is 12.2 Å². The summed E-state index contributed by atoms with van der Waals surface area (Å²) in [7, 11) is 0. The van der Waals surface area contributed by atoms with E-state index in [9.17, 15) is 9.18 Å². The molecule has 5 rings (SSSR count). The number of rotatable bonds is 6. The Balaban J connectivity index is 1.14. The van der Waals surface area contributed by atoms with Gasteiger partial charge in [0.1, 0.15) is 30.0 Å². The number of halogens is 1. The zero-order valence-corrected chi connectivity index (χ0v) is 19.0. The molecule has 2 heterocycles. The van der Waals surface area contributed by atoms with E-state index in [1.54, 1.807) is 18.2 Å². The quantitative estimate of drug-likeness (QED) is 0.503. The number of ether oxygens (including phenoxy) is 3. The molecule has 2 aliphatic heterocycles. The monoisotopic (exact) mass is 461 g/mol. The molecule has 1 amide bonds. The maximum atomic E-state index is 13.1. The van der Waals surface area contributed by atoms with Crippen LogP contribution < -0.4 is 9.47 Å². The summed E-state index contributed by atoms with van der Waals surface area (Å²) in [6, 6.07) is 23.3. The molecule has 2 saturated heterocycles. The van der Waals surface area contributed by atoms with Gasteiger partial charge in [-0.3, -0.25) is 4.79 Å². The van der Waals surface area contributed by atoms with Crippen molar-refractivity contribution >= 4 is 5.91 Å². The number of piperidine rings is 1. The van der Waals surface area contributed by atoms with Gasteiger partial charge in [-0.25, -0.2) is 4.39 Å². The molecule has 0 aromatic heterocycles. The first-order valence-electron chi connectivity index (χ1n) is 11.7. The SMILES string of the molecule is O=C(c1cccc(OCc2ccc(F)cc2)c1)N1CCC2(CC1)C[C@@H](Oc1ccccc1)CO2. The van der Waals surface area contributed by atoms with Gasteiger partial charge >= 0.3 is 0 Å². The fourth-order valence-electron chi connectivity index (χ4n) is 4.68. The van der Waals surface area contributed by atoms with E-state index in [1.165, 1.54) is 12.1 Å². The number of carbonyl (C=O) groups is 1. The number of nitrogens with zero attached hydrogens (tertiary/aromatic N) is 1. The first-order chi connectivity index (χ1) is 16.6. The first kappa shape index (κ1) is 22.4. The summed E-state index contributed by atoms with van der Waals surface area (Å²) in [4.78, 5) is 15.0. The zero-order valence-electron chi connectivity index (χ0n) is 19.0. The number of benzene rings is 3. The molecule has 3 aromatic rings. The van der Waals surface area contributed by atoms with Crippen molar-refractivity contribution in [3.05, 3.63) is 95.8 Å². The largest absolute Gasteiger partial charge is 0.489 e. The van der Waals surface area contributed by atoms with E-state index in [4.69, 9.17) is 14.2 Å². The van der Waals surface area contributed by atoms with Crippen molar-refractivity contribution in [1.82, 2.24) is 4.90 Å². The third kappa shape index (κ3) is 5.23. The summed E-state index contributed by atoms with van der Waals surface area (Å²) in [5, 5.41) is 0. The number of likely N-dealkylation sites (tertiary alicyclic amines) is 1. The second kappa shape index (κ2) is 9.85. The maximum Gasteiger partial charge on any atom is 0.253 e. The summed E-state index contributed by atoms with van der Waals surface area (Å²) < 4.78 is 31.2. The van der Waals surface area contributed by atoms with Crippen LogP contribution in [0.25, 0.3) is 0 Å². The lowest BCUT2D eigenvalue weighted by atomic mass is 9.87. The van der Waals surface area contributed by atoms with Crippen molar-refractivity contribution in [2.24, 2.45) is 0 Å². The van der Waals surface area contributed by atoms with Crippen LogP contribution in [0.5, 0.6) is 11.5 Å². The standard InChI is InChI=1S/C28H28FNO4/c29-23-11-9-21(10-12-23)19-32-25-8-4-5-22(17-25)27(31)30-15-13-28(14-16-30)18-26(20-33-28)34-24-6-2-1-3-7-24/h1-12,17,26H,13-16,18-20H2/t26-/m1/s1. The summed E-state index contributed by atoms with van der Waals surface area (Å²) >= 11 is 0. The molecule has 5 nitrogen and oxygen atoms in total. The highest BCUT2D eigenvalue weighted by atomic mass is 19.1. The molecular weight excluding hydrogens is 433 g/mol. The molecule has 0 radical (unpaired) electrons. The molecule has 1 spiro atoms. The van der Waals surface area contributed by atoms with Crippen LogP contribution in [0, 0.1) is 5.82 Å². The van der Waals surface area contributed by atoms with Crippen LogP contribution in [0.3, 0.4) is 0 Å². The number of carbonyl (C=O) groups excluding carboxylic acids is 1. The van der Waals surface area contributed by atoms with E-state index in [2.05, 4.69) is 0 Å². The molecule has 0 aliphatic carbocycles. The van der Waals surface area contributed by atoms with Gasteiger partial charge in [-0.2, -0.15) is 0 Å². The fraction of sp³-hybridized carbons (Fsp3) is 0.321. The Morgan fingerprint density at radius 2 is 1.71 bits per heavy atom. The predicted octanol–water partition coefficient (Wildman–Crippen LogP) is 5.25. The minimum Gasteiger partial charge on any atom is -0.489 e. The molecule has 6 heteroatoms. The van der Waals surface area contributed by atoms with Crippen LogP contribution in [-0.4, -0.2) is 42.2 Å². The highest BCUT2D eigenvalue weighted by molar-refractivity contribution is 5.94. The van der Waals surface area contributed by atoms with Crippen LogP contribution in [0.15, 0.2) is 78.9 Å². The smallest absolute Gasteiger partial charge is 0.253 e. The second-order valence-corrected chi connectivity index (χ2v) is 8.99. The van der Waals surface area contributed by atoms with Crippen LogP contribution in [0.2, 0.25) is 0 Å². The minimum atomic E-state index is -0.276. The van der Waals surface area contributed by atoms with Crippen LogP contribution in [-0.2, 0) is 11.3 Å². The molecule has 0 unspecified atom stereocenters. The van der Waals surface area contributed by atoms with Crippen LogP contribution in [0.1, 0.15) is 35.2 Å². The molecule has 0 N–H and O–H groups in total. The maximum absolute atomic E-state index is 13.1. The third-order valence-corrected chi connectivity index (χ3v) is 6.58. The van der Waals surface area contributed by atoms with Gasteiger partial charge in [-0.15, -0.1) is 0 Å². The lowest BCUT2D eigenvalue weighted by Crippen LogP contribution is -2.46. The minimum absolute atomic E-state index is 0.00263. The molecule has 1 atom stereocenters. The lowest BCUT2D eigenvalue weighted by molar-refractivity contribution is -0.0395. The average molecular weight is 462 g/mol. The zero-order chi connectivity index (χ0) is 23.4. The van der Waals surface area contributed by atoms with Crippen molar-refractivity contribution in [3.8, 4) is 11.5 Å². The molecule has 2 aliphatic rings. The fourth-order valence-corrected chi connectivity index (χ4v) is 4.68. The van der Waals surface area contributed by atoms with Crippen LogP contribution in [0.4, 0.5) is 4.39 Å². The lowest BCUT2D eigenvalue weighted by Gasteiger charge is -2.38. The molecule has 34 heavy (non-hydrogen) atoms. The number of amides is 1. The number of para-hydroxylation sites is 1. The van der Waals surface area contributed by atoms with Gasteiger partial charge in [0, 0.05) is 25.1 Å². The van der Waals surface area contributed by atoms with E-state index in [0.717, 1.165) is 30.6 Å². The Morgan fingerprint density at radius 3 is 2.47 bits per heavy atom. The highest BCUT2D eigenvalue weighted by Crippen LogP contribution is 2.37. The van der Waals surface area contributed by atoms with Crippen molar-refractivity contribution in [3.63, 3.8) is 0 Å².